The summed E-state index contributed by atoms with van der Waals surface area (Å²) in [6, 6.07) is 7.74. The zero-order chi connectivity index (χ0) is 14.2. The van der Waals surface area contributed by atoms with Gasteiger partial charge in [-0.15, -0.1) is 10.2 Å². The Morgan fingerprint density at radius 1 is 1.35 bits per heavy atom. The molecule has 0 radical (unpaired) electrons. The molecule has 106 valence electrons. The lowest BCUT2D eigenvalue weighted by Crippen LogP contribution is -2.15. The monoisotopic (exact) mass is 308 g/mol. The van der Waals surface area contributed by atoms with Gasteiger partial charge >= 0.3 is 0 Å². The van der Waals surface area contributed by atoms with Crippen LogP contribution in [0, 0.1) is 0 Å². The smallest absolute Gasteiger partial charge is 0.224 e. The second kappa shape index (κ2) is 7.98. The number of amides is 1. The summed E-state index contributed by atoms with van der Waals surface area (Å²) < 4.78 is 0.911. The number of hydrogen-bond donors (Lipinski definition) is 2. The molecule has 1 aromatic carbocycles. The lowest BCUT2D eigenvalue weighted by Gasteiger charge is -2.06. The van der Waals surface area contributed by atoms with E-state index < -0.39 is 0 Å². The first-order chi connectivity index (χ1) is 9.78. The van der Waals surface area contributed by atoms with E-state index in [1.54, 1.807) is 17.3 Å². The molecule has 1 aromatic heterocycles. The summed E-state index contributed by atoms with van der Waals surface area (Å²) in [5.41, 5.74) is 2.53. The Labute approximate surface area is 126 Å². The topological polar surface area (TPSA) is 66.9 Å². The van der Waals surface area contributed by atoms with Crippen LogP contribution in [0.2, 0.25) is 0 Å². The molecule has 0 fully saturated rings. The molecule has 1 amide bonds. The zero-order valence-corrected chi connectivity index (χ0v) is 12.8. The second-order valence-corrected chi connectivity index (χ2v) is 6.24. The molecule has 0 aliphatic carbocycles. The van der Waals surface area contributed by atoms with E-state index >= 15 is 0 Å². The van der Waals surface area contributed by atoms with Gasteiger partial charge in [0.15, 0.2) is 4.34 Å². The van der Waals surface area contributed by atoms with Gasteiger partial charge in [0, 0.05) is 17.0 Å². The number of hydrogen-bond acceptors (Lipinski definition) is 6. The maximum Gasteiger partial charge on any atom is 0.224 e. The average molecular weight is 308 g/mol. The molecule has 0 bridgehead atoms. The highest BCUT2D eigenvalue weighted by Gasteiger charge is 2.03. The quantitative estimate of drug-likeness (QED) is 0.770. The minimum Gasteiger partial charge on any atom is -0.326 e. The first-order valence-corrected chi connectivity index (χ1v) is 7.96. The molecule has 20 heavy (non-hydrogen) atoms. The number of benzene rings is 1. The van der Waals surface area contributed by atoms with Gasteiger partial charge in [0.1, 0.15) is 5.51 Å². The van der Waals surface area contributed by atoms with E-state index in [0.717, 1.165) is 27.9 Å². The van der Waals surface area contributed by atoms with Gasteiger partial charge < -0.3 is 10.6 Å². The van der Waals surface area contributed by atoms with Crippen molar-refractivity contribution in [2.45, 2.75) is 22.1 Å². The molecule has 0 aliphatic heterocycles. The molecule has 7 heteroatoms. The third kappa shape index (κ3) is 4.92. The van der Waals surface area contributed by atoms with Crippen molar-refractivity contribution >= 4 is 34.7 Å². The number of anilines is 1. The fraction of sp³-hybridized carbons (Fsp3) is 0.308. The van der Waals surface area contributed by atoms with Gasteiger partial charge in [0.05, 0.1) is 0 Å². The average Bonchev–Trinajstić information content (AvgIpc) is 2.94. The van der Waals surface area contributed by atoms with Crippen LogP contribution in [0.15, 0.2) is 39.0 Å². The molecule has 0 unspecified atom stereocenters. The molecule has 2 rings (SSSR count). The molecular weight excluding hydrogens is 292 g/mol. The summed E-state index contributed by atoms with van der Waals surface area (Å²) in [6.45, 7) is 0.852. The summed E-state index contributed by atoms with van der Waals surface area (Å²) in [5, 5.41) is 13.7. The maximum absolute atomic E-state index is 11.7. The van der Waals surface area contributed by atoms with Crippen molar-refractivity contribution in [1.82, 2.24) is 15.5 Å². The van der Waals surface area contributed by atoms with Crippen molar-refractivity contribution in [1.29, 1.82) is 0 Å². The Bertz CT molecular complexity index is 528. The first-order valence-electron chi connectivity index (χ1n) is 6.26. The van der Waals surface area contributed by atoms with E-state index in [1.165, 1.54) is 11.3 Å². The number of rotatable bonds is 7. The van der Waals surface area contributed by atoms with E-state index in [2.05, 4.69) is 20.8 Å². The van der Waals surface area contributed by atoms with Crippen molar-refractivity contribution in [2.24, 2.45) is 0 Å². The largest absolute Gasteiger partial charge is 0.326 e. The van der Waals surface area contributed by atoms with Gasteiger partial charge in [-0.2, -0.15) is 0 Å². The summed E-state index contributed by atoms with van der Waals surface area (Å²) >= 11 is 3.07. The van der Waals surface area contributed by atoms with Crippen molar-refractivity contribution in [3.05, 3.63) is 29.8 Å². The van der Waals surface area contributed by atoms with E-state index in [0.29, 0.717) is 6.42 Å². The van der Waals surface area contributed by atoms with Crippen LogP contribution in [0.5, 0.6) is 0 Å². The van der Waals surface area contributed by atoms with E-state index in [1.807, 2.05) is 31.3 Å². The standard InChI is InChI=1S/C13H16N4OS2/c1-14-8-2-3-12(18)16-10-4-6-11(7-5-10)20-13-17-15-9-19-13/h4-7,9,14H,2-3,8H2,1H3,(H,16,18). The Morgan fingerprint density at radius 2 is 2.15 bits per heavy atom. The van der Waals surface area contributed by atoms with Crippen LogP contribution < -0.4 is 10.6 Å². The summed E-state index contributed by atoms with van der Waals surface area (Å²) in [5.74, 6) is 0.0461. The van der Waals surface area contributed by atoms with Gasteiger partial charge in [0.25, 0.3) is 0 Å². The van der Waals surface area contributed by atoms with Crippen LogP contribution in [-0.2, 0) is 4.79 Å². The normalized spacial score (nSPS) is 10.4. The number of carbonyl (C=O) groups excluding carboxylic acids is 1. The van der Waals surface area contributed by atoms with Gasteiger partial charge in [-0.05, 0) is 44.3 Å². The van der Waals surface area contributed by atoms with Crippen molar-refractivity contribution < 1.29 is 4.79 Å². The highest BCUT2D eigenvalue weighted by atomic mass is 32.2. The summed E-state index contributed by atoms with van der Waals surface area (Å²) in [4.78, 5) is 12.7. The van der Waals surface area contributed by atoms with Gasteiger partial charge in [0.2, 0.25) is 5.91 Å². The SMILES string of the molecule is CNCCCC(=O)Nc1ccc(Sc2nncs2)cc1. The highest BCUT2D eigenvalue weighted by molar-refractivity contribution is 8.01. The Morgan fingerprint density at radius 3 is 2.80 bits per heavy atom. The van der Waals surface area contributed by atoms with Crippen LogP contribution in [-0.4, -0.2) is 29.7 Å². The Kier molecular flexibility index (Phi) is 5.97. The number of nitrogens with one attached hydrogen (secondary N) is 2. The summed E-state index contributed by atoms with van der Waals surface area (Å²) in [7, 11) is 1.88. The maximum atomic E-state index is 11.7. The molecule has 0 aliphatic rings. The van der Waals surface area contributed by atoms with Crippen LogP contribution in [0.4, 0.5) is 5.69 Å². The summed E-state index contributed by atoms with van der Waals surface area (Å²) in [6.07, 6.45) is 1.37. The highest BCUT2D eigenvalue weighted by Crippen LogP contribution is 2.29. The molecule has 0 spiro atoms. The Hall–Kier alpha value is -1.44. The van der Waals surface area contributed by atoms with Crippen molar-refractivity contribution in [3.8, 4) is 0 Å². The van der Waals surface area contributed by atoms with Gasteiger partial charge in [-0.25, -0.2) is 0 Å². The molecule has 2 aromatic rings. The third-order valence-electron chi connectivity index (χ3n) is 2.51. The number of aromatic nitrogens is 2. The van der Waals surface area contributed by atoms with Crippen molar-refractivity contribution in [3.63, 3.8) is 0 Å². The predicted octanol–water partition coefficient (Wildman–Crippen LogP) is 2.63. The van der Waals surface area contributed by atoms with E-state index in [-0.39, 0.29) is 5.91 Å². The minimum atomic E-state index is 0.0461. The predicted molar refractivity (Wildman–Crippen MR) is 82.3 cm³/mol. The van der Waals surface area contributed by atoms with Crippen molar-refractivity contribution in [2.75, 3.05) is 18.9 Å². The van der Waals surface area contributed by atoms with Crippen LogP contribution in [0.1, 0.15) is 12.8 Å². The third-order valence-corrected chi connectivity index (χ3v) is 4.30. The minimum absolute atomic E-state index is 0.0461. The fourth-order valence-electron chi connectivity index (χ4n) is 1.56. The van der Waals surface area contributed by atoms with E-state index in [9.17, 15) is 4.79 Å². The second-order valence-electron chi connectivity index (χ2n) is 4.09. The lowest BCUT2D eigenvalue weighted by atomic mass is 10.2. The van der Waals surface area contributed by atoms with E-state index in [4.69, 9.17) is 0 Å². The number of nitrogens with zero attached hydrogens (tertiary/aromatic N) is 2. The lowest BCUT2D eigenvalue weighted by molar-refractivity contribution is -0.116. The molecule has 5 nitrogen and oxygen atoms in total. The van der Waals surface area contributed by atoms with Crippen LogP contribution in [0.25, 0.3) is 0 Å². The number of carbonyl (C=O) groups is 1. The molecule has 2 N–H and O–H groups in total. The van der Waals surface area contributed by atoms with Gasteiger partial charge in [-0.1, -0.05) is 23.1 Å². The molecule has 1 heterocycles. The molecule has 0 atom stereocenters. The van der Waals surface area contributed by atoms with Gasteiger partial charge in [-0.3, -0.25) is 4.79 Å². The zero-order valence-electron chi connectivity index (χ0n) is 11.1. The fourth-order valence-corrected chi connectivity index (χ4v) is 3.01. The molecular formula is C13H16N4OS2. The molecule has 0 saturated carbocycles. The molecule has 0 saturated heterocycles. The Balaban J connectivity index is 1.83. The van der Waals surface area contributed by atoms with Crippen LogP contribution in [0.3, 0.4) is 0 Å². The van der Waals surface area contributed by atoms with Crippen LogP contribution >= 0.6 is 23.1 Å². The first kappa shape index (κ1) is 15.0.